The standard InChI is InChI=1S/C17H19N3O2/c1-11-4-5-15-13(7-11)8-14(17(22)20-15)16(21)19-10-12-3-2-6-18-9-12/h2-3,6,8-9,11H,4-5,7,10H2,1H3,(H,19,21)(H,20,22)/t11-/m1/s1. The first-order chi connectivity index (χ1) is 10.6. The minimum absolute atomic E-state index is 0.191. The number of hydrogen-bond acceptors (Lipinski definition) is 3. The highest BCUT2D eigenvalue weighted by molar-refractivity contribution is 5.94. The van der Waals surface area contributed by atoms with Gasteiger partial charge < -0.3 is 10.3 Å². The molecule has 2 N–H and O–H groups in total. The topological polar surface area (TPSA) is 74.8 Å². The summed E-state index contributed by atoms with van der Waals surface area (Å²) in [5.41, 5.74) is 2.85. The highest BCUT2D eigenvalue weighted by Crippen LogP contribution is 2.23. The lowest BCUT2D eigenvalue weighted by Crippen LogP contribution is -2.31. The number of rotatable bonds is 3. The predicted octanol–water partition coefficient (Wildman–Crippen LogP) is 1.82. The molecule has 5 heteroatoms. The van der Waals surface area contributed by atoms with Gasteiger partial charge in [0.05, 0.1) is 0 Å². The Morgan fingerprint density at radius 2 is 2.36 bits per heavy atom. The third-order valence-electron chi connectivity index (χ3n) is 4.09. The Bertz CT molecular complexity index is 737. The van der Waals surface area contributed by atoms with Gasteiger partial charge in [-0.2, -0.15) is 0 Å². The maximum Gasteiger partial charge on any atom is 0.261 e. The Balaban J connectivity index is 1.78. The Morgan fingerprint density at radius 3 is 3.14 bits per heavy atom. The number of nitrogens with one attached hydrogen (secondary N) is 2. The number of H-pyrrole nitrogens is 1. The summed E-state index contributed by atoms with van der Waals surface area (Å²) >= 11 is 0. The molecule has 2 aromatic rings. The van der Waals surface area contributed by atoms with Crippen LogP contribution in [0, 0.1) is 5.92 Å². The van der Waals surface area contributed by atoms with Crippen LogP contribution in [0.2, 0.25) is 0 Å². The van der Waals surface area contributed by atoms with Crippen LogP contribution in [-0.4, -0.2) is 15.9 Å². The van der Waals surface area contributed by atoms with Crippen molar-refractivity contribution in [2.45, 2.75) is 32.7 Å². The molecule has 0 unspecified atom stereocenters. The summed E-state index contributed by atoms with van der Waals surface area (Å²) in [5.74, 6) is 0.246. The molecule has 0 saturated carbocycles. The van der Waals surface area contributed by atoms with Gasteiger partial charge in [0.15, 0.2) is 0 Å². The molecule has 0 saturated heterocycles. The summed E-state index contributed by atoms with van der Waals surface area (Å²) in [6, 6.07) is 5.45. The summed E-state index contributed by atoms with van der Waals surface area (Å²) < 4.78 is 0. The van der Waals surface area contributed by atoms with Crippen LogP contribution < -0.4 is 10.9 Å². The van der Waals surface area contributed by atoms with Crippen LogP contribution >= 0.6 is 0 Å². The minimum Gasteiger partial charge on any atom is -0.348 e. The van der Waals surface area contributed by atoms with Gasteiger partial charge in [0, 0.05) is 24.6 Å². The third kappa shape index (κ3) is 3.08. The zero-order chi connectivity index (χ0) is 15.5. The van der Waals surface area contributed by atoms with Gasteiger partial charge in [-0.05, 0) is 48.4 Å². The summed E-state index contributed by atoms with van der Waals surface area (Å²) in [4.78, 5) is 31.2. The summed E-state index contributed by atoms with van der Waals surface area (Å²) in [7, 11) is 0. The van der Waals surface area contributed by atoms with Crippen molar-refractivity contribution in [1.29, 1.82) is 0 Å². The average Bonchev–Trinajstić information content (AvgIpc) is 2.53. The van der Waals surface area contributed by atoms with E-state index in [9.17, 15) is 9.59 Å². The van der Waals surface area contributed by atoms with E-state index in [2.05, 4.69) is 22.2 Å². The van der Waals surface area contributed by atoms with Gasteiger partial charge >= 0.3 is 0 Å². The largest absolute Gasteiger partial charge is 0.348 e. The lowest BCUT2D eigenvalue weighted by Gasteiger charge is -2.21. The highest BCUT2D eigenvalue weighted by Gasteiger charge is 2.19. The van der Waals surface area contributed by atoms with Gasteiger partial charge in [-0.25, -0.2) is 0 Å². The second kappa shape index (κ2) is 6.13. The third-order valence-corrected chi connectivity index (χ3v) is 4.09. The van der Waals surface area contributed by atoms with Crippen LogP contribution in [-0.2, 0) is 19.4 Å². The summed E-state index contributed by atoms with van der Waals surface area (Å²) in [5, 5.41) is 2.78. The molecular formula is C17H19N3O2. The molecule has 1 amide bonds. The second-order valence-electron chi connectivity index (χ2n) is 5.91. The number of fused-ring (bicyclic) bond motifs is 1. The van der Waals surface area contributed by atoms with Gasteiger partial charge in [0.1, 0.15) is 5.56 Å². The average molecular weight is 297 g/mol. The van der Waals surface area contributed by atoms with Gasteiger partial charge in [-0.3, -0.25) is 14.6 Å². The van der Waals surface area contributed by atoms with E-state index in [0.29, 0.717) is 12.5 Å². The number of carbonyl (C=O) groups is 1. The van der Waals surface area contributed by atoms with Crippen LogP contribution in [0.1, 0.15) is 40.5 Å². The monoisotopic (exact) mass is 297 g/mol. The van der Waals surface area contributed by atoms with E-state index in [1.807, 2.05) is 12.1 Å². The van der Waals surface area contributed by atoms with E-state index in [-0.39, 0.29) is 17.0 Å². The minimum atomic E-state index is -0.342. The first-order valence-electron chi connectivity index (χ1n) is 7.55. The van der Waals surface area contributed by atoms with Crippen molar-refractivity contribution >= 4 is 5.91 Å². The molecule has 0 aromatic carbocycles. The van der Waals surface area contributed by atoms with Gasteiger partial charge in [-0.1, -0.05) is 13.0 Å². The molecule has 22 heavy (non-hydrogen) atoms. The smallest absolute Gasteiger partial charge is 0.261 e. The van der Waals surface area contributed by atoms with Crippen molar-refractivity contribution in [2.24, 2.45) is 5.92 Å². The normalized spacial score (nSPS) is 16.9. The molecule has 0 aliphatic heterocycles. The van der Waals surface area contributed by atoms with Crippen molar-refractivity contribution in [3.05, 3.63) is 63.3 Å². The number of carbonyl (C=O) groups excluding carboxylic acids is 1. The van der Waals surface area contributed by atoms with E-state index < -0.39 is 0 Å². The van der Waals surface area contributed by atoms with Crippen molar-refractivity contribution < 1.29 is 4.79 Å². The predicted molar refractivity (Wildman–Crippen MR) is 83.7 cm³/mol. The second-order valence-corrected chi connectivity index (χ2v) is 5.91. The Labute approximate surface area is 128 Å². The van der Waals surface area contributed by atoms with Crippen molar-refractivity contribution in [1.82, 2.24) is 15.3 Å². The molecule has 1 aliphatic carbocycles. The van der Waals surface area contributed by atoms with Gasteiger partial charge in [-0.15, -0.1) is 0 Å². The van der Waals surface area contributed by atoms with Gasteiger partial charge in [0.2, 0.25) is 0 Å². The highest BCUT2D eigenvalue weighted by atomic mass is 16.2. The fraction of sp³-hybridized carbons (Fsp3) is 0.353. The van der Waals surface area contributed by atoms with E-state index in [0.717, 1.165) is 36.1 Å². The lowest BCUT2D eigenvalue weighted by molar-refractivity contribution is 0.0949. The first kappa shape index (κ1) is 14.5. The lowest BCUT2D eigenvalue weighted by atomic mass is 9.87. The Morgan fingerprint density at radius 1 is 1.50 bits per heavy atom. The fourth-order valence-corrected chi connectivity index (χ4v) is 2.83. The van der Waals surface area contributed by atoms with E-state index in [1.54, 1.807) is 18.5 Å². The van der Waals surface area contributed by atoms with Gasteiger partial charge in [0.25, 0.3) is 11.5 Å². The van der Waals surface area contributed by atoms with Crippen LogP contribution in [0.4, 0.5) is 0 Å². The molecule has 1 aliphatic rings. The van der Waals surface area contributed by atoms with Crippen molar-refractivity contribution in [3.8, 4) is 0 Å². The van der Waals surface area contributed by atoms with Crippen molar-refractivity contribution in [3.63, 3.8) is 0 Å². The van der Waals surface area contributed by atoms with E-state index in [1.165, 1.54) is 0 Å². The fourth-order valence-electron chi connectivity index (χ4n) is 2.83. The molecule has 0 spiro atoms. The molecule has 0 bridgehead atoms. The number of amides is 1. The molecule has 0 radical (unpaired) electrons. The zero-order valence-corrected chi connectivity index (χ0v) is 12.6. The maximum atomic E-state index is 12.3. The summed E-state index contributed by atoms with van der Waals surface area (Å²) in [6.07, 6.45) is 6.24. The molecule has 2 heterocycles. The van der Waals surface area contributed by atoms with Crippen LogP contribution in [0.3, 0.4) is 0 Å². The molecule has 3 rings (SSSR count). The number of aromatic amines is 1. The van der Waals surface area contributed by atoms with E-state index >= 15 is 0 Å². The zero-order valence-electron chi connectivity index (χ0n) is 12.6. The number of pyridine rings is 2. The van der Waals surface area contributed by atoms with Crippen LogP contribution in [0.25, 0.3) is 0 Å². The SMILES string of the molecule is C[C@@H]1CCc2[nH]c(=O)c(C(=O)NCc3cccnc3)cc2C1. The maximum absolute atomic E-state index is 12.3. The van der Waals surface area contributed by atoms with Crippen LogP contribution in [0.15, 0.2) is 35.4 Å². The van der Waals surface area contributed by atoms with Crippen molar-refractivity contribution in [2.75, 3.05) is 0 Å². The molecule has 1 atom stereocenters. The quantitative estimate of drug-likeness (QED) is 0.907. The number of aryl methyl sites for hydroxylation is 1. The number of hydrogen-bond donors (Lipinski definition) is 2. The Hall–Kier alpha value is -2.43. The number of nitrogens with zero attached hydrogens (tertiary/aromatic N) is 1. The summed E-state index contributed by atoms with van der Waals surface area (Å²) in [6.45, 7) is 2.55. The number of aromatic nitrogens is 2. The molecule has 2 aromatic heterocycles. The van der Waals surface area contributed by atoms with E-state index in [4.69, 9.17) is 0 Å². The molecular weight excluding hydrogens is 278 g/mol. The first-order valence-corrected chi connectivity index (χ1v) is 7.55. The molecule has 0 fully saturated rings. The molecule has 114 valence electrons. The molecule has 5 nitrogen and oxygen atoms in total. The Kier molecular flexibility index (Phi) is 4.04. The van der Waals surface area contributed by atoms with Crippen LogP contribution in [0.5, 0.6) is 0 Å².